The summed E-state index contributed by atoms with van der Waals surface area (Å²) in [5.74, 6) is 0.439. The van der Waals surface area contributed by atoms with Gasteiger partial charge in [0.05, 0.1) is 16.1 Å². The Balaban J connectivity index is 2.48. The number of furan rings is 1. The molecule has 0 bridgehead atoms. The van der Waals surface area contributed by atoms with E-state index in [2.05, 4.69) is 31.9 Å². The van der Waals surface area contributed by atoms with E-state index in [-0.39, 0.29) is 10.6 Å². The summed E-state index contributed by atoms with van der Waals surface area (Å²) in [4.78, 5) is -0.271. The van der Waals surface area contributed by atoms with Crippen LogP contribution < -0.4 is 0 Å². The maximum atomic E-state index is 13.9. The predicted octanol–water partition coefficient (Wildman–Crippen LogP) is 5.63. The van der Waals surface area contributed by atoms with Gasteiger partial charge in [-0.2, -0.15) is 0 Å². The monoisotopic (exact) mass is 380 g/mol. The Morgan fingerprint density at radius 2 is 2.06 bits per heavy atom. The molecular formula is C12H8Br2ClFO. The lowest BCUT2D eigenvalue weighted by Gasteiger charge is -2.11. The van der Waals surface area contributed by atoms with E-state index in [1.165, 1.54) is 6.07 Å². The second-order valence-electron chi connectivity index (χ2n) is 3.58. The molecule has 0 aliphatic rings. The Bertz CT molecular complexity index is 553. The van der Waals surface area contributed by atoms with E-state index >= 15 is 0 Å². The van der Waals surface area contributed by atoms with Crippen LogP contribution in [-0.4, -0.2) is 0 Å². The van der Waals surface area contributed by atoms with Crippen molar-refractivity contribution in [3.63, 3.8) is 0 Å². The zero-order valence-electron chi connectivity index (χ0n) is 8.81. The number of benzene rings is 1. The molecule has 0 aliphatic heterocycles. The molecule has 90 valence electrons. The van der Waals surface area contributed by atoms with E-state index in [1.807, 2.05) is 13.0 Å². The lowest BCUT2D eigenvalue weighted by molar-refractivity contribution is 0.530. The molecule has 2 aromatic rings. The summed E-state index contributed by atoms with van der Waals surface area (Å²) >= 11 is 12.6. The first-order valence-electron chi connectivity index (χ1n) is 4.83. The number of halogens is 4. The topological polar surface area (TPSA) is 13.1 Å². The van der Waals surface area contributed by atoms with Gasteiger partial charge in [-0.25, -0.2) is 4.39 Å². The van der Waals surface area contributed by atoms with Gasteiger partial charge >= 0.3 is 0 Å². The van der Waals surface area contributed by atoms with Crippen LogP contribution in [0.1, 0.15) is 21.7 Å². The van der Waals surface area contributed by atoms with Crippen molar-refractivity contribution in [3.8, 4) is 0 Å². The van der Waals surface area contributed by atoms with Crippen molar-refractivity contribution in [2.24, 2.45) is 0 Å². The molecule has 0 spiro atoms. The first-order valence-corrected chi connectivity index (χ1v) is 6.92. The van der Waals surface area contributed by atoms with Crippen LogP contribution in [0, 0.1) is 12.7 Å². The molecule has 0 amide bonds. The van der Waals surface area contributed by atoms with E-state index in [9.17, 15) is 4.39 Å². The van der Waals surface area contributed by atoms with Gasteiger partial charge in [-0.05, 0) is 41.1 Å². The third-order valence-corrected chi connectivity index (χ3v) is 4.67. The number of aryl methyl sites for hydroxylation is 1. The van der Waals surface area contributed by atoms with Crippen LogP contribution in [0.4, 0.5) is 4.39 Å². The summed E-state index contributed by atoms with van der Waals surface area (Å²) in [6.45, 7) is 1.84. The van der Waals surface area contributed by atoms with E-state index in [4.69, 9.17) is 16.0 Å². The smallest absolute Gasteiger partial charge is 0.129 e. The van der Waals surface area contributed by atoms with Gasteiger partial charge in [0.1, 0.15) is 11.6 Å². The molecule has 2 rings (SSSR count). The van der Waals surface area contributed by atoms with Crippen molar-refractivity contribution in [1.82, 2.24) is 0 Å². The highest BCUT2D eigenvalue weighted by Gasteiger charge is 2.19. The molecular weight excluding hydrogens is 374 g/mol. The molecule has 0 aliphatic carbocycles. The van der Waals surface area contributed by atoms with Crippen LogP contribution in [0.25, 0.3) is 0 Å². The Labute approximate surface area is 120 Å². The second-order valence-corrected chi connectivity index (χ2v) is 5.76. The van der Waals surface area contributed by atoms with E-state index in [0.29, 0.717) is 15.1 Å². The minimum absolute atomic E-state index is 0.271. The Morgan fingerprint density at radius 3 is 2.65 bits per heavy atom. The van der Waals surface area contributed by atoms with Crippen LogP contribution >= 0.6 is 43.5 Å². The standard InChI is InChI=1S/C12H8Br2ClFO/c1-6-7(2-3-17-6)12(14)8-4-10(15)9(13)5-11(8)16/h2-5,12H,1H3. The third-order valence-electron chi connectivity index (χ3n) is 2.48. The maximum absolute atomic E-state index is 13.9. The third kappa shape index (κ3) is 2.59. The van der Waals surface area contributed by atoms with E-state index in [1.54, 1.807) is 12.3 Å². The molecule has 1 atom stereocenters. The molecule has 1 unspecified atom stereocenters. The maximum Gasteiger partial charge on any atom is 0.129 e. The van der Waals surface area contributed by atoms with Crippen LogP contribution in [0.5, 0.6) is 0 Å². The normalized spacial score (nSPS) is 12.8. The van der Waals surface area contributed by atoms with Crippen molar-refractivity contribution in [3.05, 3.63) is 56.7 Å². The van der Waals surface area contributed by atoms with Crippen molar-refractivity contribution in [2.45, 2.75) is 11.8 Å². The lowest BCUT2D eigenvalue weighted by Crippen LogP contribution is -1.97. The van der Waals surface area contributed by atoms with Crippen LogP contribution in [0.2, 0.25) is 5.02 Å². The minimum atomic E-state index is -0.316. The molecule has 0 radical (unpaired) electrons. The number of rotatable bonds is 2. The van der Waals surface area contributed by atoms with Gasteiger partial charge in [-0.3, -0.25) is 0 Å². The SMILES string of the molecule is Cc1occc1C(Br)c1cc(Cl)c(Br)cc1F. The summed E-state index contributed by atoms with van der Waals surface area (Å²) in [6, 6.07) is 4.78. The van der Waals surface area contributed by atoms with Gasteiger partial charge in [0.2, 0.25) is 0 Å². The lowest BCUT2D eigenvalue weighted by atomic mass is 10.1. The highest BCUT2D eigenvalue weighted by Crippen LogP contribution is 2.37. The number of alkyl halides is 1. The largest absolute Gasteiger partial charge is 0.469 e. The summed E-state index contributed by atoms with van der Waals surface area (Å²) in [7, 11) is 0. The summed E-state index contributed by atoms with van der Waals surface area (Å²) < 4.78 is 19.6. The molecule has 5 heteroatoms. The van der Waals surface area contributed by atoms with Crippen molar-refractivity contribution in [1.29, 1.82) is 0 Å². The summed E-state index contributed by atoms with van der Waals surface area (Å²) in [6.07, 6.45) is 1.58. The van der Waals surface area contributed by atoms with Gasteiger partial charge < -0.3 is 4.42 Å². The van der Waals surface area contributed by atoms with E-state index in [0.717, 1.165) is 11.3 Å². The average Bonchev–Trinajstić information content (AvgIpc) is 2.69. The van der Waals surface area contributed by atoms with Crippen molar-refractivity contribution < 1.29 is 8.81 Å². The molecule has 1 aromatic heterocycles. The van der Waals surface area contributed by atoms with Gasteiger partial charge in [0.15, 0.2) is 0 Å². The molecule has 0 saturated carbocycles. The van der Waals surface area contributed by atoms with Gasteiger partial charge in [-0.15, -0.1) is 0 Å². The molecule has 0 fully saturated rings. The zero-order chi connectivity index (χ0) is 12.6. The van der Waals surface area contributed by atoms with Gasteiger partial charge in [0, 0.05) is 15.6 Å². The predicted molar refractivity (Wildman–Crippen MR) is 73.3 cm³/mol. The van der Waals surface area contributed by atoms with Crippen LogP contribution in [0.15, 0.2) is 33.4 Å². The molecule has 1 heterocycles. The van der Waals surface area contributed by atoms with Gasteiger partial charge in [0.25, 0.3) is 0 Å². The summed E-state index contributed by atoms with van der Waals surface area (Å²) in [5.41, 5.74) is 1.38. The van der Waals surface area contributed by atoms with Gasteiger partial charge in [-0.1, -0.05) is 27.5 Å². The Kier molecular flexibility index (Phi) is 3.95. The fraction of sp³-hybridized carbons (Fsp3) is 0.167. The molecule has 0 saturated heterocycles. The quantitative estimate of drug-likeness (QED) is 0.485. The highest BCUT2D eigenvalue weighted by molar-refractivity contribution is 9.10. The molecule has 17 heavy (non-hydrogen) atoms. The highest BCUT2D eigenvalue weighted by atomic mass is 79.9. The second kappa shape index (κ2) is 5.12. The Hall–Kier alpha value is -0.320. The summed E-state index contributed by atoms with van der Waals surface area (Å²) in [5, 5.41) is 0.479. The fourth-order valence-electron chi connectivity index (χ4n) is 1.56. The first kappa shape index (κ1) is 13.1. The molecule has 1 nitrogen and oxygen atoms in total. The zero-order valence-corrected chi connectivity index (χ0v) is 12.7. The number of hydrogen-bond donors (Lipinski definition) is 0. The van der Waals surface area contributed by atoms with Crippen molar-refractivity contribution in [2.75, 3.05) is 0 Å². The Morgan fingerprint density at radius 1 is 1.35 bits per heavy atom. The number of hydrogen-bond acceptors (Lipinski definition) is 1. The first-order chi connectivity index (χ1) is 8.00. The average molecular weight is 382 g/mol. The molecule has 0 N–H and O–H groups in total. The van der Waals surface area contributed by atoms with Crippen molar-refractivity contribution >= 4 is 43.5 Å². The van der Waals surface area contributed by atoms with E-state index < -0.39 is 0 Å². The fourth-order valence-corrected chi connectivity index (χ4v) is 2.87. The molecule has 1 aromatic carbocycles. The van der Waals surface area contributed by atoms with Crippen LogP contribution in [0.3, 0.4) is 0 Å². The van der Waals surface area contributed by atoms with Crippen LogP contribution in [-0.2, 0) is 0 Å². The minimum Gasteiger partial charge on any atom is -0.469 e.